The van der Waals surface area contributed by atoms with E-state index in [9.17, 15) is 0 Å². The first-order valence-corrected chi connectivity index (χ1v) is 6.61. The fourth-order valence-electron chi connectivity index (χ4n) is 2.73. The van der Waals surface area contributed by atoms with E-state index in [0.29, 0.717) is 6.54 Å². The van der Waals surface area contributed by atoms with Crippen LogP contribution in [-0.2, 0) is 0 Å². The Morgan fingerprint density at radius 2 is 1.95 bits per heavy atom. The number of hydrogen-bond donors (Lipinski definition) is 1. The molecule has 0 bridgehead atoms. The molecule has 3 rings (SSSR count). The first-order valence-electron chi connectivity index (χ1n) is 6.61. The van der Waals surface area contributed by atoms with Crippen LogP contribution in [0.25, 0.3) is 0 Å². The summed E-state index contributed by atoms with van der Waals surface area (Å²) in [6.07, 6.45) is 1.71. The first kappa shape index (κ1) is 12.1. The molecule has 1 aromatic heterocycles. The molecule has 2 N–H and O–H groups in total. The molecule has 100 valence electrons. The molecule has 1 atom stereocenters. The average molecular weight is 257 g/mol. The second-order valence-corrected chi connectivity index (χ2v) is 4.87. The Labute approximate surface area is 113 Å². The number of para-hydroxylation sites is 2. The number of fused-ring (bicyclic) bond motifs is 1. The summed E-state index contributed by atoms with van der Waals surface area (Å²) in [6.45, 7) is 2.50. The molecule has 0 saturated heterocycles. The zero-order chi connectivity index (χ0) is 13.2. The number of rotatable bonds is 3. The molecule has 4 nitrogen and oxygen atoms in total. The van der Waals surface area contributed by atoms with Gasteiger partial charge in [0.1, 0.15) is 5.76 Å². The lowest BCUT2D eigenvalue weighted by Crippen LogP contribution is -2.43. The van der Waals surface area contributed by atoms with Crippen LogP contribution in [0.2, 0.25) is 0 Å². The van der Waals surface area contributed by atoms with Crippen LogP contribution in [-0.4, -0.2) is 26.7 Å². The summed E-state index contributed by atoms with van der Waals surface area (Å²) >= 11 is 0. The smallest absolute Gasteiger partial charge is 0.127 e. The van der Waals surface area contributed by atoms with E-state index in [-0.39, 0.29) is 6.04 Å². The Morgan fingerprint density at radius 1 is 1.16 bits per heavy atom. The van der Waals surface area contributed by atoms with Crippen molar-refractivity contribution in [2.45, 2.75) is 6.04 Å². The van der Waals surface area contributed by atoms with Crippen LogP contribution in [0.4, 0.5) is 11.4 Å². The van der Waals surface area contributed by atoms with Crippen molar-refractivity contribution < 1.29 is 4.42 Å². The lowest BCUT2D eigenvalue weighted by atomic mass is 10.1. The third-order valence-corrected chi connectivity index (χ3v) is 3.75. The minimum absolute atomic E-state index is 0.102. The Kier molecular flexibility index (Phi) is 3.17. The second kappa shape index (κ2) is 4.97. The van der Waals surface area contributed by atoms with E-state index >= 15 is 0 Å². The number of benzene rings is 1. The summed E-state index contributed by atoms with van der Waals surface area (Å²) in [5.41, 5.74) is 8.45. The van der Waals surface area contributed by atoms with Crippen molar-refractivity contribution in [2.75, 3.05) is 36.5 Å². The molecular weight excluding hydrogens is 238 g/mol. The topological polar surface area (TPSA) is 45.6 Å². The molecular formula is C15H19N3O. The zero-order valence-electron chi connectivity index (χ0n) is 11.1. The van der Waals surface area contributed by atoms with Gasteiger partial charge in [0.05, 0.1) is 23.7 Å². The number of nitrogens with two attached hydrogens (primary N) is 1. The molecule has 0 aliphatic carbocycles. The molecule has 0 amide bonds. The van der Waals surface area contributed by atoms with Gasteiger partial charge in [0.2, 0.25) is 0 Å². The summed E-state index contributed by atoms with van der Waals surface area (Å²) in [4.78, 5) is 4.62. The quantitative estimate of drug-likeness (QED) is 0.916. The minimum atomic E-state index is 0.102. The summed E-state index contributed by atoms with van der Waals surface area (Å²) in [5.74, 6) is 0.932. The molecule has 19 heavy (non-hydrogen) atoms. The molecule has 1 aliphatic rings. The molecule has 0 saturated carbocycles. The molecule has 1 aromatic carbocycles. The van der Waals surface area contributed by atoms with Gasteiger partial charge in [-0.15, -0.1) is 0 Å². The Morgan fingerprint density at radius 3 is 2.63 bits per heavy atom. The van der Waals surface area contributed by atoms with Gasteiger partial charge >= 0.3 is 0 Å². The fraction of sp³-hybridized carbons (Fsp3) is 0.333. The van der Waals surface area contributed by atoms with Crippen LogP contribution in [0.15, 0.2) is 47.1 Å². The van der Waals surface area contributed by atoms with Gasteiger partial charge in [0.25, 0.3) is 0 Å². The van der Waals surface area contributed by atoms with E-state index in [2.05, 4.69) is 41.1 Å². The van der Waals surface area contributed by atoms with Crippen molar-refractivity contribution in [1.82, 2.24) is 0 Å². The Bertz CT molecular complexity index is 538. The van der Waals surface area contributed by atoms with E-state index in [1.54, 1.807) is 6.26 Å². The van der Waals surface area contributed by atoms with E-state index in [1.807, 2.05) is 12.1 Å². The Balaban J connectivity index is 1.99. The zero-order valence-corrected chi connectivity index (χ0v) is 11.1. The van der Waals surface area contributed by atoms with E-state index in [1.165, 1.54) is 11.4 Å². The number of anilines is 2. The van der Waals surface area contributed by atoms with Crippen molar-refractivity contribution in [3.05, 3.63) is 48.4 Å². The SMILES string of the molecule is CN1CCN(C(CN)c2ccco2)c2ccccc21. The van der Waals surface area contributed by atoms with Crippen molar-refractivity contribution in [3.63, 3.8) is 0 Å². The Hall–Kier alpha value is -1.94. The van der Waals surface area contributed by atoms with Gasteiger partial charge in [-0.25, -0.2) is 0 Å². The van der Waals surface area contributed by atoms with Gasteiger partial charge < -0.3 is 20.0 Å². The van der Waals surface area contributed by atoms with Crippen LogP contribution >= 0.6 is 0 Å². The first-order chi connectivity index (χ1) is 9.31. The number of likely N-dealkylation sites (N-methyl/N-ethyl adjacent to an activating group) is 1. The van der Waals surface area contributed by atoms with Crippen LogP contribution in [0, 0.1) is 0 Å². The fourth-order valence-corrected chi connectivity index (χ4v) is 2.73. The summed E-state index contributed by atoms with van der Waals surface area (Å²) in [6, 6.07) is 12.5. The highest BCUT2D eigenvalue weighted by Gasteiger charge is 2.27. The normalized spacial score (nSPS) is 16.3. The van der Waals surface area contributed by atoms with Crippen molar-refractivity contribution in [1.29, 1.82) is 0 Å². The summed E-state index contributed by atoms with van der Waals surface area (Å²) < 4.78 is 5.55. The summed E-state index contributed by atoms with van der Waals surface area (Å²) in [7, 11) is 2.13. The van der Waals surface area contributed by atoms with Gasteiger partial charge in [-0.05, 0) is 24.3 Å². The molecule has 0 spiro atoms. The van der Waals surface area contributed by atoms with Crippen molar-refractivity contribution in [2.24, 2.45) is 5.73 Å². The number of nitrogens with zero attached hydrogens (tertiary/aromatic N) is 2. The molecule has 2 aromatic rings. The monoisotopic (exact) mass is 257 g/mol. The van der Waals surface area contributed by atoms with Crippen LogP contribution in [0.1, 0.15) is 11.8 Å². The maximum Gasteiger partial charge on any atom is 0.127 e. The van der Waals surface area contributed by atoms with Gasteiger partial charge in [-0.3, -0.25) is 0 Å². The third kappa shape index (κ3) is 2.08. The summed E-state index contributed by atoms with van der Waals surface area (Å²) in [5, 5.41) is 0. The van der Waals surface area contributed by atoms with Gasteiger partial charge in [-0.1, -0.05) is 12.1 Å². The highest BCUT2D eigenvalue weighted by atomic mass is 16.3. The van der Waals surface area contributed by atoms with Gasteiger partial charge in [-0.2, -0.15) is 0 Å². The predicted molar refractivity (Wildman–Crippen MR) is 77.6 cm³/mol. The van der Waals surface area contributed by atoms with Crippen LogP contribution in [0.3, 0.4) is 0 Å². The van der Waals surface area contributed by atoms with E-state index in [4.69, 9.17) is 10.2 Å². The maximum atomic E-state index is 5.97. The third-order valence-electron chi connectivity index (χ3n) is 3.75. The van der Waals surface area contributed by atoms with E-state index < -0.39 is 0 Å². The van der Waals surface area contributed by atoms with Gasteiger partial charge in [0, 0.05) is 26.7 Å². The largest absolute Gasteiger partial charge is 0.467 e. The standard InChI is InChI=1S/C15H19N3O/c1-17-8-9-18(13-6-3-2-5-12(13)17)14(11-16)15-7-4-10-19-15/h2-7,10,14H,8-9,11,16H2,1H3. The molecule has 0 radical (unpaired) electrons. The average Bonchev–Trinajstić information content (AvgIpc) is 2.96. The number of furan rings is 1. The number of hydrogen-bond acceptors (Lipinski definition) is 4. The van der Waals surface area contributed by atoms with Gasteiger partial charge in [0.15, 0.2) is 0 Å². The highest BCUT2D eigenvalue weighted by molar-refractivity contribution is 5.73. The van der Waals surface area contributed by atoms with Crippen LogP contribution < -0.4 is 15.5 Å². The molecule has 2 heterocycles. The van der Waals surface area contributed by atoms with Crippen LogP contribution in [0.5, 0.6) is 0 Å². The molecule has 1 unspecified atom stereocenters. The molecule has 1 aliphatic heterocycles. The highest BCUT2D eigenvalue weighted by Crippen LogP contribution is 2.36. The molecule has 4 heteroatoms. The van der Waals surface area contributed by atoms with Crippen molar-refractivity contribution >= 4 is 11.4 Å². The lowest BCUT2D eigenvalue weighted by molar-refractivity contribution is 0.448. The lowest BCUT2D eigenvalue weighted by Gasteiger charge is -2.40. The van der Waals surface area contributed by atoms with E-state index in [0.717, 1.165) is 18.8 Å². The predicted octanol–water partition coefficient (Wildman–Crippen LogP) is 2.24. The second-order valence-electron chi connectivity index (χ2n) is 4.87. The minimum Gasteiger partial charge on any atom is -0.467 e. The molecule has 0 fully saturated rings. The maximum absolute atomic E-state index is 5.97. The van der Waals surface area contributed by atoms with Crippen molar-refractivity contribution in [3.8, 4) is 0 Å².